The maximum atomic E-state index is 5.30. The van der Waals surface area contributed by atoms with Gasteiger partial charge in [-0.2, -0.15) is 0 Å². The number of benzene rings is 1. The van der Waals surface area contributed by atoms with Gasteiger partial charge in [-0.15, -0.1) is 0 Å². The molecule has 0 aromatic heterocycles. The fourth-order valence-corrected chi connectivity index (χ4v) is 3.36. The molecule has 0 amide bonds. The Morgan fingerprint density at radius 2 is 1.84 bits per heavy atom. The number of rotatable bonds is 7. The van der Waals surface area contributed by atoms with Crippen LogP contribution in [0.5, 0.6) is 5.75 Å². The van der Waals surface area contributed by atoms with Crippen LogP contribution in [0.2, 0.25) is 0 Å². The fraction of sp³-hybridized carbons (Fsp3) is 0.571. The molecule has 0 bridgehead atoms. The van der Waals surface area contributed by atoms with Crippen molar-refractivity contribution in [2.24, 2.45) is 0 Å². The van der Waals surface area contributed by atoms with E-state index in [1.54, 1.807) is 7.11 Å². The van der Waals surface area contributed by atoms with Gasteiger partial charge in [-0.3, -0.25) is 0 Å². The molecular formula is C14H22Br2N2O. The molecule has 1 aromatic carbocycles. The second-order valence-electron chi connectivity index (χ2n) is 4.97. The number of halogens is 2. The molecular weight excluding hydrogens is 372 g/mol. The Labute approximate surface area is 133 Å². The standard InChI is InChI=1S/C14H22Br2N2O/c1-10(5-6-18(2)3)17-9-11-7-12(15)14(19-4)13(16)8-11/h7-8,10,17H,5-6,9H2,1-4H3. The fourth-order valence-electron chi connectivity index (χ4n) is 1.76. The van der Waals surface area contributed by atoms with Crippen molar-refractivity contribution in [3.8, 4) is 5.75 Å². The van der Waals surface area contributed by atoms with E-state index in [0.717, 1.165) is 34.2 Å². The molecule has 0 fully saturated rings. The first kappa shape index (κ1) is 17.0. The van der Waals surface area contributed by atoms with Crippen molar-refractivity contribution in [1.29, 1.82) is 0 Å². The average molecular weight is 394 g/mol. The zero-order valence-electron chi connectivity index (χ0n) is 12.0. The van der Waals surface area contributed by atoms with Gasteiger partial charge in [0.2, 0.25) is 0 Å². The second-order valence-corrected chi connectivity index (χ2v) is 6.68. The molecule has 5 heteroatoms. The van der Waals surface area contributed by atoms with Gasteiger partial charge in [0.15, 0.2) is 0 Å². The Bertz CT molecular complexity index is 387. The molecule has 108 valence electrons. The molecule has 0 aliphatic carbocycles. The van der Waals surface area contributed by atoms with Crippen LogP contribution in [0.3, 0.4) is 0 Å². The highest BCUT2D eigenvalue weighted by Gasteiger charge is 2.08. The van der Waals surface area contributed by atoms with Crippen molar-refractivity contribution in [2.45, 2.75) is 25.9 Å². The lowest BCUT2D eigenvalue weighted by molar-refractivity contribution is 0.365. The molecule has 1 N–H and O–H groups in total. The van der Waals surface area contributed by atoms with Crippen molar-refractivity contribution >= 4 is 31.9 Å². The van der Waals surface area contributed by atoms with E-state index in [2.05, 4.69) is 75.2 Å². The van der Waals surface area contributed by atoms with Crippen LogP contribution < -0.4 is 10.1 Å². The van der Waals surface area contributed by atoms with Gasteiger partial charge in [0.1, 0.15) is 5.75 Å². The van der Waals surface area contributed by atoms with Crippen molar-refractivity contribution in [3.63, 3.8) is 0 Å². The first-order valence-corrected chi connectivity index (χ1v) is 7.92. The molecule has 0 aliphatic heterocycles. The predicted octanol–water partition coefficient (Wildman–Crippen LogP) is 3.65. The van der Waals surface area contributed by atoms with Gasteiger partial charge in [0, 0.05) is 12.6 Å². The monoisotopic (exact) mass is 392 g/mol. The van der Waals surface area contributed by atoms with E-state index in [1.807, 2.05) is 0 Å². The molecule has 0 spiro atoms. The zero-order chi connectivity index (χ0) is 14.4. The summed E-state index contributed by atoms with van der Waals surface area (Å²) in [4.78, 5) is 2.21. The summed E-state index contributed by atoms with van der Waals surface area (Å²) in [6, 6.07) is 4.69. The summed E-state index contributed by atoms with van der Waals surface area (Å²) in [6.07, 6.45) is 1.14. The van der Waals surface area contributed by atoms with E-state index in [0.29, 0.717) is 6.04 Å². The van der Waals surface area contributed by atoms with Crippen LogP contribution in [0.1, 0.15) is 18.9 Å². The van der Waals surface area contributed by atoms with Crippen molar-refractivity contribution in [3.05, 3.63) is 26.6 Å². The summed E-state index contributed by atoms with van der Waals surface area (Å²) in [5, 5.41) is 3.54. The average Bonchev–Trinajstić information content (AvgIpc) is 2.33. The van der Waals surface area contributed by atoms with Gasteiger partial charge in [-0.25, -0.2) is 0 Å². The van der Waals surface area contributed by atoms with Crippen LogP contribution in [0.4, 0.5) is 0 Å². The van der Waals surface area contributed by atoms with Crippen LogP contribution in [0, 0.1) is 0 Å². The second kappa shape index (κ2) is 8.25. The highest BCUT2D eigenvalue weighted by atomic mass is 79.9. The van der Waals surface area contributed by atoms with Gasteiger partial charge < -0.3 is 15.0 Å². The third kappa shape index (κ3) is 5.81. The molecule has 1 unspecified atom stereocenters. The Morgan fingerprint density at radius 3 is 2.32 bits per heavy atom. The van der Waals surface area contributed by atoms with Crippen molar-refractivity contribution in [2.75, 3.05) is 27.7 Å². The number of methoxy groups -OCH3 is 1. The minimum Gasteiger partial charge on any atom is -0.494 e. The molecule has 1 rings (SSSR count). The Kier molecular flexibility index (Phi) is 7.36. The molecule has 1 aromatic rings. The normalized spacial score (nSPS) is 12.8. The third-order valence-corrected chi connectivity index (χ3v) is 4.10. The Balaban J connectivity index is 2.54. The molecule has 0 saturated carbocycles. The molecule has 0 heterocycles. The van der Waals surface area contributed by atoms with Crippen LogP contribution in [0.15, 0.2) is 21.1 Å². The first-order valence-electron chi connectivity index (χ1n) is 6.34. The highest BCUT2D eigenvalue weighted by Crippen LogP contribution is 2.34. The van der Waals surface area contributed by atoms with E-state index in [9.17, 15) is 0 Å². The molecule has 0 radical (unpaired) electrons. The summed E-state index contributed by atoms with van der Waals surface area (Å²) in [7, 11) is 5.88. The lowest BCUT2D eigenvalue weighted by Gasteiger charge is -2.17. The highest BCUT2D eigenvalue weighted by molar-refractivity contribution is 9.11. The number of nitrogens with one attached hydrogen (secondary N) is 1. The van der Waals surface area contributed by atoms with Gasteiger partial charge in [-0.05, 0) is 83.5 Å². The molecule has 0 saturated heterocycles. The number of hydrogen-bond acceptors (Lipinski definition) is 3. The lowest BCUT2D eigenvalue weighted by Crippen LogP contribution is -2.29. The summed E-state index contributed by atoms with van der Waals surface area (Å²) in [5.74, 6) is 0.837. The Morgan fingerprint density at radius 1 is 1.26 bits per heavy atom. The van der Waals surface area contributed by atoms with Crippen LogP contribution in [-0.4, -0.2) is 38.7 Å². The topological polar surface area (TPSA) is 24.5 Å². The van der Waals surface area contributed by atoms with E-state index in [4.69, 9.17) is 4.74 Å². The summed E-state index contributed by atoms with van der Waals surface area (Å²) >= 11 is 7.05. The Hall–Kier alpha value is -0.100. The number of hydrogen-bond donors (Lipinski definition) is 1. The van der Waals surface area contributed by atoms with Gasteiger partial charge in [0.05, 0.1) is 16.1 Å². The maximum absolute atomic E-state index is 5.30. The van der Waals surface area contributed by atoms with Crippen LogP contribution >= 0.6 is 31.9 Å². The third-order valence-electron chi connectivity index (χ3n) is 2.93. The van der Waals surface area contributed by atoms with Gasteiger partial charge in [0.25, 0.3) is 0 Å². The summed E-state index contributed by atoms with van der Waals surface area (Å²) in [5.41, 5.74) is 1.23. The lowest BCUT2D eigenvalue weighted by atomic mass is 10.2. The van der Waals surface area contributed by atoms with Gasteiger partial charge >= 0.3 is 0 Å². The quantitative estimate of drug-likeness (QED) is 0.765. The molecule has 19 heavy (non-hydrogen) atoms. The predicted molar refractivity (Wildman–Crippen MR) is 87.9 cm³/mol. The van der Waals surface area contributed by atoms with E-state index in [1.165, 1.54) is 5.56 Å². The minimum atomic E-state index is 0.502. The van der Waals surface area contributed by atoms with E-state index in [-0.39, 0.29) is 0 Å². The van der Waals surface area contributed by atoms with Crippen molar-refractivity contribution in [1.82, 2.24) is 10.2 Å². The van der Waals surface area contributed by atoms with Crippen LogP contribution in [0.25, 0.3) is 0 Å². The number of ether oxygens (including phenoxy) is 1. The molecule has 3 nitrogen and oxygen atoms in total. The molecule has 1 atom stereocenters. The first-order chi connectivity index (χ1) is 8.93. The van der Waals surface area contributed by atoms with E-state index < -0.39 is 0 Å². The van der Waals surface area contributed by atoms with E-state index >= 15 is 0 Å². The maximum Gasteiger partial charge on any atom is 0.147 e. The van der Waals surface area contributed by atoms with Gasteiger partial charge in [-0.1, -0.05) is 0 Å². The van der Waals surface area contributed by atoms with Crippen molar-refractivity contribution < 1.29 is 4.74 Å². The number of nitrogens with zero attached hydrogens (tertiary/aromatic N) is 1. The SMILES string of the molecule is COc1c(Br)cc(CNC(C)CCN(C)C)cc1Br. The van der Waals surface area contributed by atoms with Crippen LogP contribution in [-0.2, 0) is 6.54 Å². The minimum absolute atomic E-state index is 0.502. The largest absolute Gasteiger partial charge is 0.494 e. The zero-order valence-corrected chi connectivity index (χ0v) is 15.1. The summed E-state index contributed by atoms with van der Waals surface area (Å²) in [6.45, 7) is 4.18. The molecule has 0 aliphatic rings. The summed E-state index contributed by atoms with van der Waals surface area (Å²) < 4.78 is 7.25. The smallest absolute Gasteiger partial charge is 0.147 e.